The quantitative estimate of drug-likeness (QED) is 0.582. The van der Waals surface area contributed by atoms with Gasteiger partial charge in [-0.3, -0.25) is 0 Å². The summed E-state index contributed by atoms with van der Waals surface area (Å²) in [6.45, 7) is 0. The second-order valence-electron chi connectivity index (χ2n) is 1.03. The van der Waals surface area contributed by atoms with E-state index in [2.05, 4.69) is 4.98 Å². The van der Waals surface area contributed by atoms with E-state index >= 15 is 0 Å². The minimum atomic E-state index is 0.495. The summed E-state index contributed by atoms with van der Waals surface area (Å²) in [6, 6.07) is 0. The molecule has 0 atom stereocenters. The van der Waals surface area contributed by atoms with Gasteiger partial charge >= 0.3 is 0 Å². The number of rotatable bonds is 0. The molecule has 38 valence electrons. The van der Waals surface area contributed by atoms with E-state index in [0.29, 0.717) is 10.3 Å². The third-order valence-electron chi connectivity index (χ3n) is 0.494. The van der Waals surface area contributed by atoms with E-state index in [1.807, 2.05) is 0 Å². The largest absolute Gasteiger partial charge is 0.383 e. The van der Waals surface area contributed by atoms with Crippen LogP contribution in [-0.2, 0) is 0 Å². The highest BCUT2D eigenvalue weighted by Crippen LogP contribution is 2.15. The van der Waals surface area contributed by atoms with Gasteiger partial charge in [-0.25, -0.2) is 4.98 Å². The third kappa shape index (κ3) is 1.04. The lowest BCUT2D eigenvalue weighted by atomic mass is 10.9. The predicted octanol–water partition coefficient (Wildman–Crippen LogP) is 1.38. The number of thiazole rings is 1. The summed E-state index contributed by atoms with van der Waals surface area (Å²) in [7, 11) is 0. The lowest BCUT2D eigenvalue weighted by molar-refractivity contribution is 1.43. The van der Waals surface area contributed by atoms with Crippen molar-refractivity contribution in [2.45, 2.75) is 0 Å². The van der Waals surface area contributed by atoms with Gasteiger partial charge in [0.1, 0.15) is 5.82 Å². The highest BCUT2D eigenvalue weighted by Gasteiger charge is 1.89. The minimum absolute atomic E-state index is 0.495. The highest BCUT2D eigenvalue weighted by molar-refractivity contribution is 7.14. The molecule has 7 heavy (non-hydrogen) atoms. The zero-order valence-electron chi connectivity index (χ0n) is 3.39. The van der Waals surface area contributed by atoms with Crippen LogP contribution in [0, 0.1) is 0 Å². The van der Waals surface area contributed by atoms with Gasteiger partial charge in [0, 0.05) is 5.38 Å². The number of nitrogens with zero attached hydrogens (tertiary/aromatic N) is 1. The molecule has 1 rings (SSSR count). The van der Waals surface area contributed by atoms with Gasteiger partial charge in [0.15, 0.2) is 4.47 Å². The number of aromatic nitrogens is 1. The molecule has 0 amide bonds. The van der Waals surface area contributed by atoms with Crippen molar-refractivity contribution < 1.29 is 0 Å². The van der Waals surface area contributed by atoms with Crippen LogP contribution in [0.15, 0.2) is 5.38 Å². The molecule has 4 heteroatoms. The van der Waals surface area contributed by atoms with Gasteiger partial charge in [0.2, 0.25) is 0 Å². The first-order valence-electron chi connectivity index (χ1n) is 1.65. The summed E-state index contributed by atoms with van der Waals surface area (Å²) in [6.07, 6.45) is 0. The van der Waals surface area contributed by atoms with E-state index in [9.17, 15) is 0 Å². The first kappa shape index (κ1) is 4.87. The first-order chi connectivity index (χ1) is 3.29. The molecule has 1 heterocycles. The molecule has 0 radical (unpaired) electrons. The van der Waals surface area contributed by atoms with Crippen LogP contribution in [0.4, 0.5) is 5.82 Å². The molecule has 0 bridgehead atoms. The summed E-state index contributed by atoms with van der Waals surface area (Å²) in [5.41, 5.74) is 5.19. The van der Waals surface area contributed by atoms with Crippen LogP contribution in [0.1, 0.15) is 0 Å². The van der Waals surface area contributed by atoms with Gasteiger partial charge < -0.3 is 5.73 Å². The molecule has 0 saturated carbocycles. The molecular weight excluding hydrogens is 132 g/mol. The molecule has 1 aromatic rings. The Kier molecular flexibility index (Phi) is 1.17. The molecule has 0 fully saturated rings. The number of hydrogen-bond donors (Lipinski definition) is 1. The Morgan fingerprint density at radius 1 is 1.86 bits per heavy atom. The van der Waals surface area contributed by atoms with Gasteiger partial charge in [-0.2, -0.15) is 0 Å². The van der Waals surface area contributed by atoms with Crippen molar-refractivity contribution in [2.75, 3.05) is 5.73 Å². The first-order valence-corrected chi connectivity index (χ1v) is 2.91. The Morgan fingerprint density at radius 3 is 2.71 bits per heavy atom. The third-order valence-corrected chi connectivity index (χ3v) is 1.49. The normalized spacial score (nSPS) is 9.29. The zero-order valence-corrected chi connectivity index (χ0v) is 4.96. The maximum absolute atomic E-state index is 5.39. The number of nitrogens with two attached hydrogens (primary N) is 1. The van der Waals surface area contributed by atoms with Crippen molar-refractivity contribution in [1.82, 2.24) is 4.98 Å². The lowest BCUT2D eigenvalue weighted by Crippen LogP contribution is -1.80. The van der Waals surface area contributed by atoms with Crippen molar-refractivity contribution in [2.24, 2.45) is 0 Å². The fourth-order valence-corrected chi connectivity index (χ4v) is 0.923. The van der Waals surface area contributed by atoms with Crippen molar-refractivity contribution in [1.29, 1.82) is 0 Å². The Morgan fingerprint density at radius 2 is 2.57 bits per heavy atom. The summed E-state index contributed by atoms with van der Waals surface area (Å²) in [4.78, 5) is 3.67. The Balaban J connectivity index is 3.04. The van der Waals surface area contributed by atoms with E-state index in [-0.39, 0.29) is 0 Å². The number of halogens is 1. The number of hydrogen-bond acceptors (Lipinski definition) is 3. The van der Waals surface area contributed by atoms with E-state index in [4.69, 9.17) is 17.3 Å². The molecule has 0 aromatic carbocycles. The number of nitrogen functional groups attached to an aromatic ring is 1. The van der Waals surface area contributed by atoms with Crippen LogP contribution in [0.25, 0.3) is 0 Å². The standard InChI is InChI=1S/C3H3ClN2S/c4-3-6-2(5)1-7-3/h1H,5H2. The average molecular weight is 135 g/mol. The van der Waals surface area contributed by atoms with Crippen LogP contribution >= 0.6 is 22.9 Å². The van der Waals surface area contributed by atoms with Gasteiger partial charge in [-0.15, -0.1) is 11.3 Å². The van der Waals surface area contributed by atoms with Crippen molar-refractivity contribution in [3.05, 3.63) is 9.85 Å². The highest BCUT2D eigenvalue weighted by atomic mass is 35.5. The summed E-state index contributed by atoms with van der Waals surface area (Å²) in [5, 5.41) is 1.70. The maximum atomic E-state index is 5.39. The van der Waals surface area contributed by atoms with Crippen molar-refractivity contribution in [3.8, 4) is 0 Å². The Bertz CT molecular complexity index is 145. The predicted molar refractivity (Wildman–Crippen MR) is 31.5 cm³/mol. The van der Waals surface area contributed by atoms with Crippen molar-refractivity contribution >= 4 is 28.8 Å². The summed E-state index contributed by atoms with van der Waals surface area (Å²) < 4.78 is 0.498. The molecule has 1 aromatic heterocycles. The fourth-order valence-electron chi connectivity index (χ4n) is 0.263. The fraction of sp³-hybridized carbons (Fsp3) is 0. The van der Waals surface area contributed by atoms with E-state index in [0.717, 1.165) is 0 Å². The average Bonchev–Trinajstić information content (AvgIpc) is 1.87. The van der Waals surface area contributed by atoms with Crippen LogP contribution in [0.3, 0.4) is 0 Å². The SMILES string of the molecule is Nc1csc(Cl)n1. The second kappa shape index (κ2) is 1.68. The molecule has 2 nitrogen and oxygen atoms in total. The van der Waals surface area contributed by atoms with Gasteiger partial charge in [-0.05, 0) is 0 Å². The summed E-state index contributed by atoms with van der Waals surface area (Å²) >= 11 is 6.72. The molecular formula is C3H3ClN2S. The monoisotopic (exact) mass is 134 g/mol. The lowest BCUT2D eigenvalue weighted by Gasteiger charge is -1.70. The number of anilines is 1. The molecule has 0 saturated heterocycles. The molecule has 2 N–H and O–H groups in total. The van der Waals surface area contributed by atoms with Gasteiger partial charge in [0.05, 0.1) is 0 Å². The van der Waals surface area contributed by atoms with Crippen LogP contribution in [-0.4, -0.2) is 4.98 Å². The van der Waals surface area contributed by atoms with E-state index in [1.165, 1.54) is 11.3 Å². The minimum Gasteiger partial charge on any atom is -0.383 e. The molecule has 0 unspecified atom stereocenters. The second-order valence-corrected chi connectivity index (χ2v) is 2.47. The summed E-state index contributed by atoms with van der Waals surface area (Å²) in [5.74, 6) is 0.495. The van der Waals surface area contributed by atoms with Crippen LogP contribution in [0.2, 0.25) is 4.47 Å². The van der Waals surface area contributed by atoms with Gasteiger partial charge in [-0.1, -0.05) is 11.6 Å². The molecule has 0 spiro atoms. The Labute approximate surface area is 49.9 Å². The van der Waals surface area contributed by atoms with E-state index < -0.39 is 0 Å². The topological polar surface area (TPSA) is 38.9 Å². The smallest absolute Gasteiger partial charge is 0.185 e. The molecule has 0 aliphatic carbocycles. The van der Waals surface area contributed by atoms with Gasteiger partial charge in [0.25, 0.3) is 0 Å². The van der Waals surface area contributed by atoms with Crippen molar-refractivity contribution in [3.63, 3.8) is 0 Å². The van der Waals surface area contributed by atoms with E-state index in [1.54, 1.807) is 5.38 Å². The molecule has 0 aliphatic rings. The van der Waals surface area contributed by atoms with Crippen LogP contribution in [0.5, 0.6) is 0 Å². The maximum Gasteiger partial charge on any atom is 0.185 e. The Hall–Kier alpha value is -0.280. The van der Waals surface area contributed by atoms with Crippen LogP contribution < -0.4 is 5.73 Å². The zero-order chi connectivity index (χ0) is 5.28. The molecule has 0 aliphatic heterocycles.